The van der Waals surface area contributed by atoms with Crippen molar-refractivity contribution in [3.63, 3.8) is 0 Å². The van der Waals surface area contributed by atoms with Gasteiger partial charge in [0.1, 0.15) is 0 Å². The van der Waals surface area contributed by atoms with Gasteiger partial charge in [-0.05, 0) is 18.4 Å². The minimum absolute atomic E-state index is 0.110. The van der Waals surface area contributed by atoms with Crippen molar-refractivity contribution < 1.29 is 9.53 Å². The monoisotopic (exact) mass is 298 g/mol. The smallest absolute Gasteiger partial charge is 0.337 e. The van der Waals surface area contributed by atoms with Crippen molar-refractivity contribution in [3.8, 4) is 6.01 Å². The highest BCUT2D eigenvalue weighted by molar-refractivity contribution is 7.99. The lowest BCUT2D eigenvalue weighted by Gasteiger charge is -2.00. The lowest BCUT2D eigenvalue weighted by Crippen LogP contribution is -2.15. The van der Waals surface area contributed by atoms with E-state index in [-0.39, 0.29) is 11.9 Å². The molecule has 6 nitrogen and oxygen atoms in total. The molecule has 1 amide bonds. The van der Waals surface area contributed by atoms with Crippen molar-refractivity contribution in [2.75, 3.05) is 17.7 Å². The highest BCUT2D eigenvalue weighted by atomic mass is 32.2. The van der Waals surface area contributed by atoms with E-state index in [1.807, 2.05) is 18.4 Å². The number of carbonyl (C=O) groups excluding carboxylic acids is 1. The van der Waals surface area contributed by atoms with E-state index in [0.29, 0.717) is 18.3 Å². The van der Waals surface area contributed by atoms with E-state index < -0.39 is 0 Å². The molecule has 0 bridgehead atoms. The second-order valence-corrected chi connectivity index (χ2v) is 5.54. The van der Waals surface area contributed by atoms with E-state index in [9.17, 15) is 4.79 Å². The van der Waals surface area contributed by atoms with Crippen molar-refractivity contribution in [2.45, 2.75) is 12.7 Å². The van der Waals surface area contributed by atoms with Crippen LogP contribution in [0.4, 0.5) is 5.95 Å². The summed E-state index contributed by atoms with van der Waals surface area (Å²) in [7, 11) is 0. The third-order valence-electron chi connectivity index (χ3n) is 2.05. The number of nitrogens with zero attached hydrogens (tertiary/aromatic N) is 2. The molecule has 2 heterocycles. The summed E-state index contributed by atoms with van der Waals surface area (Å²) in [6.45, 7) is 2.33. The Kier molecular flexibility index (Phi) is 5.22. The Balaban J connectivity index is 1.71. The Morgan fingerprint density at radius 1 is 1.63 bits per heavy atom. The van der Waals surface area contributed by atoms with Crippen molar-refractivity contribution in [3.05, 3.63) is 22.4 Å². The van der Waals surface area contributed by atoms with Crippen LogP contribution in [-0.2, 0) is 10.5 Å². The Hall–Kier alpha value is -1.54. The van der Waals surface area contributed by atoms with Crippen LogP contribution in [0.5, 0.6) is 6.01 Å². The van der Waals surface area contributed by atoms with Gasteiger partial charge in [0, 0.05) is 10.6 Å². The molecule has 0 aromatic carbocycles. The minimum Gasteiger partial charge on any atom is -0.463 e. The summed E-state index contributed by atoms with van der Waals surface area (Å²) in [5.74, 6) is 1.42. The van der Waals surface area contributed by atoms with E-state index in [2.05, 4.69) is 26.6 Å². The second kappa shape index (κ2) is 7.15. The van der Waals surface area contributed by atoms with Gasteiger partial charge in [-0.1, -0.05) is 6.07 Å². The predicted octanol–water partition coefficient (Wildman–Crippen LogP) is 2.14. The number of rotatable bonds is 7. The SMILES string of the molecule is CCOc1n[nH]c(NC(=O)CSCc2cccs2)n1. The molecule has 0 aliphatic carbocycles. The number of aromatic amines is 1. The first-order valence-corrected chi connectivity index (χ1v) is 7.76. The summed E-state index contributed by atoms with van der Waals surface area (Å²) in [6, 6.07) is 4.30. The van der Waals surface area contributed by atoms with Gasteiger partial charge in [-0.15, -0.1) is 28.2 Å². The summed E-state index contributed by atoms with van der Waals surface area (Å²) in [5.41, 5.74) is 0. The number of amides is 1. The zero-order chi connectivity index (χ0) is 13.5. The molecule has 0 saturated heterocycles. The Labute approximate surface area is 119 Å². The number of H-pyrrole nitrogens is 1. The molecule has 0 aliphatic heterocycles. The average molecular weight is 298 g/mol. The molecule has 0 saturated carbocycles. The fourth-order valence-corrected chi connectivity index (χ4v) is 2.97. The van der Waals surface area contributed by atoms with Gasteiger partial charge < -0.3 is 4.74 Å². The maximum Gasteiger partial charge on any atom is 0.337 e. The topological polar surface area (TPSA) is 79.9 Å². The Bertz CT molecular complexity index is 513. The number of hydrogen-bond acceptors (Lipinski definition) is 6. The van der Waals surface area contributed by atoms with Crippen molar-refractivity contribution >= 4 is 35.0 Å². The molecule has 2 aromatic heterocycles. The van der Waals surface area contributed by atoms with Gasteiger partial charge in [0.25, 0.3) is 0 Å². The molecule has 0 spiro atoms. The first-order chi connectivity index (χ1) is 9.28. The standard InChI is InChI=1S/C11H14N4O2S2/c1-2-17-11-13-10(14-15-11)12-9(16)7-18-6-8-4-3-5-19-8/h3-5H,2,6-7H2,1H3,(H2,12,13,14,15,16). The van der Waals surface area contributed by atoms with Crippen molar-refractivity contribution in [1.29, 1.82) is 0 Å². The molecular formula is C11H14N4O2S2. The summed E-state index contributed by atoms with van der Waals surface area (Å²) in [4.78, 5) is 16.9. The van der Waals surface area contributed by atoms with E-state index in [1.54, 1.807) is 23.1 Å². The number of carbonyl (C=O) groups is 1. The fourth-order valence-electron chi connectivity index (χ4n) is 1.30. The molecule has 2 rings (SSSR count). The van der Waals surface area contributed by atoms with Gasteiger partial charge in [0.15, 0.2) is 0 Å². The van der Waals surface area contributed by atoms with E-state index >= 15 is 0 Å². The highest BCUT2D eigenvalue weighted by Gasteiger charge is 2.08. The van der Waals surface area contributed by atoms with Crippen molar-refractivity contribution in [1.82, 2.24) is 15.2 Å². The van der Waals surface area contributed by atoms with Gasteiger partial charge >= 0.3 is 6.01 Å². The van der Waals surface area contributed by atoms with Crippen LogP contribution in [0.1, 0.15) is 11.8 Å². The molecule has 0 radical (unpaired) electrons. The molecular weight excluding hydrogens is 284 g/mol. The molecule has 0 atom stereocenters. The summed E-state index contributed by atoms with van der Waals surface area (Å²) in [6.07, 6.45) is 0. The number of thioether (sulfide) groups is 1. The van der Waals surface area contributed by atoms with Crippen LogP contribution >= 0.6 is 23.1 Å². The Morgan fingerprint density at radius 3 is 3.26 bits per heavy atom. The Morgan fingerprint density at radius 2 is 2.53 bits per heavy atom. The second-order valence-electron chi connectivity index (χ2n) is 3.52. The number of thiophene rings is 1. The van der Waals surface area contributed by atoms with Crippen LogP contribution in [0.2, 0.25) is 0 Å². The van der Waals surface area contributed by atoms with Crippen molar-refractivity contribution in [2.24, 2.45) is 0 Å². The third kappa shape index (κ3) is 4.56. The van der Waals surface area contributed by atoms with Crippen LogP contribution in [-0.4, -0.2) is 33.4 Å². The normalized spacial score (nSPS) is 10.4. The first kappa shape index (κ1) is 13.9. The van der Waals surface area contributed by atoms with E-state index in [4.69, 9.17) is 4.74 Å². The zero-order valence-corrected chi connectivity index (χ0v) is 12.0. The zero-order valence-electron chi connectivity index (χ0n) is 10.4. The molecule has 8 heteroatoms. The first-order valence-electron chi connectivity index (χ1n) is 5.73. The molecule has 0 fully saturated rings. The van der Waals surface area contributed by atoms with Gasteiger partial charge in [0.05, 0.1) is 12.4 Å². The van der Waals surface area contributed by atoms with Gasteiger partial charge in [-0.3, -0.25) is 10.1 Å². The lowest BCUT2D eigenvalue weighted by atomic mass is 10.5. The quantitative estimate of drug-likeness (QED) is 0.818. The van der Waals surface area contributed by atoms with Crippen LogP contribution < -0.4 is 10.1 Å². The van der Waals surface area contributed by atoms with Crippen LogP contribution in [0, 0.1) is 0 Å². The molecule has 0 unspecified atom stereocenters. The molecule has 102 valence electrons. The maximum absolute atomic E-state index is 11.7. The maximum atomic E-state index is 11.7. The minimum atomic E-state index is -0.110. The molecule has 2 N–H and O–H groups in total. The summed E-state index contributed by atoms with van der Waals surface area (Å²) in [5, 5.41) is 11.1. The number of anilines is 1. The highest BCUT2D eigenvalue weighted by Crippen LogP contribution is 2.17. The van der Waals surface area contributed by atoms with Crippen LogP contribution in [0.25, 0.3) is 0 Å². The van der Waals surface area contributed by atoms with Gasteiger partial charge in [0.2, 0.25) is 11.9 Å². The number of nitrogens with one attached hydrogen (secondary N) is 2. The molecule has 2 aromatic rings. The van der Waals surface area contributed by atoms with Gasteiger partial charge in [-0.2, -0.15) is 4.98 Å². The largest absolute Gasteiger partial charge is 0.463 e. The van der Waals surface area contributed by atoms with Crippen LogP contribution in [0.3, 0.4) is 0 Å². The van der Waals surface area contributed by atoms with E-state index in [0.717, 1.165) is 5.75 Å². The molecule has 19 heavy (non-hydrogen) atoms. The number of ether oxygens (including phenoxy) is 1. The van der Waals surface area contributed by atoms with Crippen LogP contribution in [0.15, 0.2) is 17.5 Å². The summed E-state index contributed by atoms with van der Waals surface area (Å²) >= 11 is 3.25. The average Bonchev–Trinajstić information content (AvgIpc) is 3.02. The lowest BCUT2D eigenvalue weighted by molar-refractivity contribution is -0.113. The molecule has 0 aliphatic rings. The summed E-state index contributed by atoms with van der Waals surface area (Å²) < 4.78 is 5.09. The van der Waals surface area contributed by atoms with E-state index in [1.165, 1.54) is 4.88 Å². The number of hydrogen-bond donors (Lipinski definition) is 2. The third-order valence-corrected chi connectivity index (χ3v) is 4.09. The predicted molar refractivity (Wildman–Crippen MR) is 76.7 cm³/mol. The fraction of sp³-hybridized carbons (Fsp3) is 0.364. The number of aromatic nitrogens is 3. The van der Waals surface area contributed by atoms with Gasteiger partial charge in [-0.25, -0.2) is 5.10 Å².